The number of carbonyl (C=O) groups is 2. The van der Waals surface area contributed by atoms with Crippen molar-refractivity contribution in [2.75, 3.05) is 11.9 Å². The van der Waals surface area contributed by atoms with Gasteiger partial charge in [-0.15, -0.1) is 0 Å². The van der Waals surface area contributed by atoms with Gasteiger partial charge in [-0.3, -0.25) is 9.59 Å². The van der Waals surface area contributed by atoms with Crippen LogP contribution < -0.4 is 10.9 Å². The zero-order valence-electron chi connectivity index (χ0n) is 16.6. The summed E-state index contributed by atoms with van der Waals surface area (Å²) in [5.74, 6) is -0.785. The number of carbonyl (C=O) groups excluding carboxylic acids is 2. The summed E-state index contributed by atoms with van der Waals surface area (Å²) in [4.78, 5) is 48.2. The molecule has 0 aliphatic rings. The van der Waals surface area contributed by atoms with Gasteiger partial charge in [0.25, 0.3) is 5.56 Å². The van der Waals surface area contributed by atoms with Gasteiger partial charge in [0, 0.05) is 11.6 Å². The molecule has 0 saturated heterocycles. The molecule has 0 spiro atoms. The van der Waals surface area contributed by atoms with Gasteiger partial charge in [-0.1, -0.05) is 53.4 Å². The molecule has 3 aromatic rings. The van der Waals surface area contributed by atoms with Crippen LogP contribution in [0.5, 0.6) is 0 Å². The summed E-state index contributed by atoms with van der Waals surface area (Å²) in [7, 11) is 0. The summed E-state index contributed by atoms with van der Waals surface area (Å²) in [5, 5.41) is 2.79. The van der Waals surface area contributed by atoms with E-state index >= 15 is 0 Å². The number of nitrogens with one attached hydrogen (secondary N) is 2. The average molecular weight is 445 g/mol. The van der Waals surface area contributed by atoms with E-state index in [4.69, 9.17) is 4.74 Å². The van der Waals surface area contributed by atoms with Crippen molar-refractivity contribution in [2.45, 2.75) is 31.2 Å². The van der Waals surface area contributed by atoms with E-state index < -0.39 is 11.2 Å². The van der Waals surface area contributed by atoms with Crippen LogP contribution in [0.2, 0.25) is 0 Å². The number of thiazole rings is 1. The third-order valence-electron chi connectivity index (χ3n) is 3.93. The van der Waals surface area contributed by atoms with Crippen molar-refractivity contribution in [1.82, 2.24) is 15.0 Å². The molecule has 0 saturated carbocycles. The normalized spacial score (nSPS) is 11.7. The Morgan fingerprint density at radius 3 is 2.70 bits per heavy atom. The van der Waals surface area contributed by atoms with Crippen LogP contribution in [0.4, 0.5) is 5.13 Å². The second-order valence-corrected chi connectivity index (χ2v) is 8.53. The third-order valence-corrected chi connectivity index (χ3v) is 5.97. The highest BCUT2D eigenvalue weighted by Crippen LogP contribution is 2.26. The highest BCUT2D eigenvalue weighted by atomic mass is 32.2. The summed E-state index contributed by atoms with van der Waals surface area (Å²) in [6, 6.07) is 10.7. The highest BCUT2D eigenvalue weighted by Gasteiger charge is 2.21. The smallest absolute Gasteiger partial charge is 0.350 e. The lowest BCUT2D eigenvalue weighted by molar-refractivity contribution is -0.115. The van der Waals surface area contributed by atoms with Crippen molar-refractivity contribution in [3.63, 3.8) is 0 Å². The number of benzene rings is 1. The van der Waals surface area contributed by atoms with Gasteiger partial charge < -0.3 is 15.0 Å². The molecule has 0 aliphatic carbocycles. The summed E-state index contributed by atoms with van der Waals surface area (Å²) in [5.41, 5.74) is 1.54. The van der Waals surface area contributed by atoms with Crippen molar-refractivity contribution in [3.8, 4) is 11.3 Å². The van der Waals surface area contributed by atoms with Crippen LogP contribution in [-0.2, 0) is 9.53 Å². The lowest BCUT2D eigenvalue weighted by Crippen LogP contribution is -2.23. The molecule has 1 atom stereocenters. The second-order valence-electron chi connectivity index (χ2n) is 6.21. The maximum Gasteiger partial charge on any atom is 0.350 e. The largest absolute Gasteiger partial charge is 0.462 e. The number of aromatic nitrogens is 3. The number of aromatic amines is 1. The first kappa shape index (κ1) is 21.7. The Kier molecular flexibility index (Phi) is 7.01. The van der Waals surface area contributed by atoms with E-state index in [0.717, 1.165) is 28.7 Å². The van der Waals surface area contributed by atoms with Crippen LogP contribution in [0.1, 0.15) is 29.2 Å². The SMILES string of the molecule is CCOC(=O)c1sc(NC(=O)[C@H](C)Sc2nc(-c3ccccc3)cc(=O)[nH]2)nc1C. The van der Waals surface area contributed by atoms with Crippen molar-refractivity contribution < 1.29 is 14.3 Å². The number of thioether (sulfide) groups is 1. The Labute approximate surface area is 181 Å². The minimum Gasteiger partial charge on any atom is -0.462 e. The zero-order chi connectivity index (χ0) is 21.7. The molecular formula is C20H20N4O4S2. The number of H-pyrrole nitrogens is 1. The maximum absolute atomic E-state index is 12.6. The van der Waals surface area contributed by atoms with E-state index in [0.29, 0.717) is 26.6 Å². The number of hydrogen-bond acceptors (Lipinski definition) is 8. The number of amides is 1. The first-order chi connectivity index (χ1) is 14.4. The van der Waals surface area contributed by atoms with Gasteiger partial charge >= 0.3 is 5.97 Å². The second kappa shape index (κ2) is 9.68. The van der Waals surface area contributed by atoms with E-state index in [-0.39, 0.29) is 18.1 Å². The molecule has 3 rings (SSSR count). The Morgan fingerprint density at radius 1 is 1.27 bits per heavy atom. The number of ether oxygens (including phenoxy) is 1. The molecule has 0 radical (unpaired) electrons. The molecular weight excluding hydrogens is 424 g/mol. The van der Waals surface area contributed by atoms with Crippen molar-refractivity contribution >= 4 is 40.1 Å². The lowest BCUT2D eigenvalue weighted by Gasteiger charge is -2.10. The van der Waals surface area contributed by atoms with E-state index in [1.807, 2.05) is 30.3 Å². The van der Waals surface area contributed by atoms with Crippen LogP contribution in [0.25, 0.3) is 11.3 Å². The topological polar surface area (TPSA) is 114 Å². The van der Waals surface area contributed by atoms with Crippen molar-refractivity contribution in [3.05, 3.63) is 57.3 Å². The molecule has 30 heavy (non-hydrogen) atoms. The summed E-state index contributed by atoms with van der Waals surface area (Å²) in [6.45, 7) is 5.36. The molecule has 1 amide bonds. The van der Waals surface area contributed by atoms with Gasteiger partial charge in [-0.25, -0.2) is 14.8 Å². The van der Waals surface area contributed by atoms with Crippen LogP contribution in [-0.4, -0.2) is 38.7 Å². The molecule has 8 nitrogen and oxygen atoms in total. The minimum absolute atomic E-state index is 0.263. The number of nitrogens with zero attached hydrogens (tertiary/aromatic N) is 2. The van der Waals surface area contributed by atoms with Crippen LogP contribution >= 0.6 is 23.1 Å². The van der Waals surface area contributed by atoms with Gasteiger partial charge in [0.15, 0.2) is 10.3 Å². The Morgan fingerprint density at radius 2 is 2.00 bits per heavy atom. The Bertz CT molecular complexity index is 1110. The number of anilines is 1. The van der Waals surface area contributed by atoms with Gasteiger partial charge in [0.05, 0.1) is 23.2 Å². The van der Waals surface area contributed by atoms with Crippen LogP contribution in [0.15, 0.2) is 46.3 Å². The molecule has 0 bridgehead atoms. The quantitative estimate of drug-likeness (QED) is 0.326. The molecule has 1 aromatic carbocycles. The summed E-state index contributed by atoms with van der Waals surface area (Å²) >= 11 is 2.19. The van der Waals surface area contributed by atoms with E-state index in [2.05, 4.69) is 20.3 Å². The molecule has 2 aromatic heterocycles. The highest BCUT2D eigenvalue weighted by molar-refractivity contribution is 8.00. The molecule has 0 aliphatic heterocycles. The molecule has 2 N–H and O–H groups in total. The minimum atomic E-state index is -0.561. The predicted molar refractivity (Wildman–Crippen MR) is 117 cm³/mol. The first-order valence-corrected chi connectivity index (χ1v) is 10.9. The lowest BCUT2D eigenvalue weighted by atomic mass is 10.1. The van der Waals surface area contributed by atoms with Crippen LogP contribution in [0.3, 0.4) is 0 Å². The molecule has 0 fully saturated rings. The summed E-state index contributed by atoms with van der Waals surface area (Å²) < 4.78 is 4.99. The summed E-state index contributed by atoms with van der Waals surface area (Å²) in [6.07, 6.45) is 0. The fourth-order valence-corrected chi connectivity index (χ4v) is 4.19. The number of esters is 1. The van der Waals surface area contributed by atoms with Gasteiger partial charge in [0.2, 0.25) is 5.91 Å². The Hall–Kier alpha value is -2.98. The predicted octanol–water partition coefficient (Wildman–Crippen LogP) is 3.50. The zero-order valence-corrected chi connectivity index (χ0v) is 18.2. The van der Waals surface area contributed by atoms with Gasteiger partial charge in [-0.2, -0.15) is 0 Å². The maximum atomic E-state index is 12.6. The number of aryl methyl sites for hydroxylation is 1. The van der Waals surface area contributed by atoms with E-state index in [9.17, 15) is 14.4 Å². The van der Waals surface area contributed by atoms with Gasteiger partial charge in [-0.05, 0) is 20.8 Å². The number of rotatable bonds is 7. The fourth-order valence-electron chi connectivity index (χ4n) is 2.51. The van der Waals surface area contributed by atoms with Crippen LogP contribution in [0, 0.1) is 6.92 Å². The fraction of sp³-hybridized carbons (Fsp3) is 0.250. The van der Waals surface area contributed by atoms with E-state index in [1.165, 1.54) is 6.07 Å². The molecule has 156 valence electrons. The molecule has 10 heteroatoms. The molecule has 2 heterocycles. The van der Waals surface area contributed by atoms with Crippen molar-refractivity contribution in [2.24, 2.45) is 0 Å². The van der Waals surface area contributed by atoms with Gasteiger partial charge in [0.1, 0.15) is 4.88 Å². The van der Waals surface area contributed by atoms with E-state index in [1.54, 1.807) is 20.8 Å². The first-order valence-electron chi connectivity index (χ1n) is 9.16. The molecule has 0 unspecified atom stereocenters. The monoisotopic (exact) mass is 444 g/mol. The Balaban J connectivity index is 1.71. The number of hydrogen-bond donors (Lipinski definition) is 2. The standard InChI is InChI=1S/C20H20N4O4S2/c1-4-28-18(27)16-11(2)21-19(30-16)24-17(26)12(3)29-20-22-14(10-15(25)23-20)13-8-6-5-7-9-13/h5-10,12H,4H2,1-3H3,(H,21,24,26)(H,22,23,25)/t12-/m0/s1. The average Bonchev–Trinajstić information content (AvgIpc) is 3.08. The third kappa shape index (κ3) is 5.33. The van der Waals surface area contributed by atoms with Crippen molar-refractivity contribution in [1.29, 1.82) is 0 Å².